The molecule has 0 bridgehead atoms. The van der Waals surface area contributed by atoms with E-state index >= 15 is 0 Å². The Kier molecular flexibility index (Phi) is 4.19. The number of carboxylic acids is 1. The molecule has 1 saturated carbocycles. The Morgan fingerprint density at radius 3 is 2.74 bits per heavy atom. The summed E-state index contributed by atoms with van der Waals surface area (Å²) in [7, 11) is 1.62. The van der Waals surface area contributed by atoms with E-state index in [1.54, 1.807) is 7.05 Å². The predicted octanol–water partition coefficient (Wildman–Crippen LogP) is 2.81. The Balaban J connectivity index is 1.63. The van der Waals surface area contributed by atoms with E-state index in [9.17, 15) is 9.59 Å². The van der Waals surface area contributed by atoms with Crippen molar-refractivity contribution in [1.29, 1.82) is 0 Å². The van der Waals surface area contributed by atoms with E-state index in [1.165, 1.54) is 21.2 Å². The van der Waals surface area contributed by atoms with Gasteiger partial charge in [0, 0.05) is 25.6 Å². The van der Waals surface area contributed by atoms with Gasteiger partial charge in [-0.1, -0.05) is 42.5 Å². The monoisotopic (exact) mass is 312 g/mol. The third-order valence-corrected chi connectivity index (χ3v) is 4.33. The van der Waals surface area contributed by atoms with Crippen molar-refractivity contribution in [3.8, 4) is 0 Å². The largest absolute Gasteiger partial charge is 0.481 e. The maximum absolute atomic E-state index is 12.1. The van der Waals surface area contributed by atoms with Crippen molar-refractivity contribution in [2.75, 3.05) is 13.6 Å². The first-order valence-electron chi connectivity index (χ1n) is 7.77. The first-order chi connectivity index (χ1) is 11.1. The van der Waals surface area contributed by atoms with Crippen LogP contribution in [0.25, 0.3) is 10.8 Å². The molecule has 2 N–H and O–H groups in total. The second-order valence-electron chi connectivity index (χ2n) is 6.03. The van der Waals surface area contributed by atoms with Crippen molar-refractivity contribution in [3.05, 3.63) is 48.0 Å². The van der Waals surface area contributed by atoms with Crippen molar-refractivity contribution in [2.45, 2.75) is 24.8 Å². The number of hydrogen-bond donors (Lipinski definition) is 2. The summed E-state index contributed by atoms with van der Waals surface area (Å²) in [6, 6.07) is 14.4. The van der Waals surface area contributed by atoms with Crippen LogP contribution in [0.3, 0.4) is 0 Å². The molecule has 5 nitrogen and oxygen atoms in total. The van der Waals surface area contributed by atoms with Gasteiger partial charge >= 0.3 is 12.0 Å². The molecule has 2 amide bonds. The van der Waals surface area contributed by atoms with Gasteiger partial charge in [-0.05, 0) is 22.8 Å². The third-order valence-electron chi connectivity index (χ3n) is 4.33. The number of benzene rings is 2. The van der Waals surface area contributed by atoms with E-state index in [0.29, 0.717) is 5.92 Å². The zero-order valence-electron chi connectivity index (χ0n) is 13.0. The van der Waals surface area contributed by atoms with Gasteiger partial charge < -0.3 is 15.3 Å². The Hall–Kier alpha value is -2.56. The van der Waals surface area contributed by atoms with Gasteiger partial charge in [0.25, 0.3) is 0 Å². The fourth-order valence-corrected chi connectivity index (χ4v) is 2.91. The molecule has 5 heteroatoms. The van der Waals surface area contributed by atoms with Crippen LogP contribution in [0.1, 0.15) is 24.3 Å². The maximum Gasteiger partial charge on any atom is 0.317 e. The maximum atomic E-state index is 12.1. The Morgan fingerprint density at radius 1 is 1.22 bits per heavy atom. The molecule has 0 saturated heterocycles. The summed E-state index contributed by atoms with van der Waals surface area (Å²) in [6.45, 7) is 0.215. The van der Waals surface area contributed by atoms with Crippen LogP contribution < -0.4 is 5.32 Å². The smallest absolute Gasteiger partial charge is 0.317 e. The molecule has 2 aromatic rings. The molecule has 0 aliphatic heterocycles. The number of carbonyl (C=O) groups is 2. The number of hydrogen-bond acceptors (Lipinski definition) is 2. The predicted molar refractivity (Wildman–Crippen MR) is 88.5 cm³/mol. The number of fused-ring (bicyclic) bond motifs is 1. The van der Waals surface area contributed by atoms with Gasteiger partial charge in [0.05, 0.1) is 6.42 Å². The highest BCUT2D eigenvalue weighted by molar-refractivity contribution is 5.87. The van der Waals surface area contributed by atoms with E-state index in [4.69, 9.17) is 5.11 Å². The zero-order chi connectivity index (χ0) is 16.4. The van der Waals surface area contributed by atoms with Crippen molar-refractivity contribution in [1.82, 2.24) is 10.2 Å². The molecular formula is C18H20N2O3. The fourth-order valence-electron chi connectivity index (χ4n) is 2.91. The average Bonchev–Trinajstić information content (AvgIpc) is 3.30. The standard InChI is InChI=1S/C18H20N2O3/c1-20(10-9-17(21)22)18(23)19-16-11-15(16)14-8-4-6-12-5-2-3-7-13(12)14/h2-8,15-16H,9-11H2,1H3,(H,19,23)(H,21,22)/t15-,16+/m0/s1. The molecule has 120 valence electrons. The fraction of sp³-hybridized carbons (Fsp3) is 0.333. The highest BCUT2D eigenvalue weighted by atomic mass is 16.4. The highest BCUT2D eigenvalue weighted by Crippen LogP contribution is 2.43. The number of carbonyl (C=O) groups excluding carboxylic acids is 1. The molecule has 0 unspecified atom stereocenters. The van der Waals surface area contributed by atoms with E-state index in [2.05, 4.69) is 29.6 Å². The molecule has 2 aromatic carbocycles. The quantitative estimate of drug-likeness (QED) is 0.892. The summed E-state index contributed by atoms with van der Waals surface area (Å²) in [5.41, 5.74) is 1.27. The third kappa shape index (κ3) is 3.44. The highest BCUT2D eigenvalue weighted by Gasteiger charge is 2.40. The summed E-state index contributed by atoms with van der Waals surface area (Å²) >= 11 is 0. The van der Waals surface area contributed by atoms with E-state index in [1.807, 2.05) is 18.2 Å². The Bertz CT molecular complexity index is 739. The van der Waals surface area contributed by atoms with Gasteiger partial charge in [-0.3, -0.25) is 4.79 Å². The number of aliphatic carboxylic acids is 1. The SMILES string of the molecule is CN(CCC(=O)O)C(=O)N[C@@H]1C[C@H]1c1cccc2ccccc12. The van der Waals surface area contributed by atoms with Crippen molar-refractivity contribution >= 4 is 22.8 Å². The van der Waals surface area contributed by atoms with Crippen LogP contribution in [0, 0.1) is 0 Å². The molecule has 1 fully saturated rings. The minimum Gasteiger partial charge on any atom is -0.481 e. The second-order valence-corrected chi connectivity index (χ2v) is 6.03. The summed E-state index contributed by atoms with van der Waals surface area (Å²) < 4.78 is 0. The Morgan fingerprint density at radius 2 is 1.96 bits per heavy atom. The molecule has 0 heterocycles. The van der Waals surface area contributed by atoms with Crippen molar-refractivity contribution in [2.24, 2.45) is 0 Å². The summed E-state index contributed by atoms with van der Waals surface area (Å²) in [5.74, 6) is -0.567. The molecule has 1 aliphatic rings. The van der Waals surface area contributed by atoms with Gasteiger partial charge in [0.2, 0.25) is 0 Å². The van der Waals surface area contributed by atoms with Crippen molar-refractivity contribution in [3.63, 3.8) is 0 Å². The van der Waals surface area contributed by atoms with Crippen LogP contribution in [0.4, 0.5) is 4.79 Å². The molecular weight excluding hydrogens is 292 g/mol. The number of rotatable bonds is 5. The van der Waals surface area contributed by atoms with Gasteiger partial charge in [-0.15, -0.1) is 0 Å². The lowest BCUT2D eigenvalue weighted by molar-refractivity contribution is -0.137. The van der Waals surface area contributed by atoms with Crippen LogP contribution in [0.5, 0.6) is 0 Å². The summed E-state index contributed by atoms with van der Waals surface area (Å²) in [5, 5.41) is 14.1. The van der Waals surface area contributed by atoms with E-state index < -0.39 is 5.97 Å². The van der Waals surface area contributed by atoms with Gasteiger partial charge in [0.15, 0.2) is 0 Å². The average molecular weight is 312 g/mol. The number of nitrogens with zero attached hydrogens (tertiary/aromatic N) is 1. The van der Waals surface area contributed by atoms with Gasteiger partial charge in [-0.2, -0.15) is 0 Å². The van der Waals surface area contributed by atoms with Crippen LogP contribution in [0.2, 0.25) is 0 Å². The molecule has 1 aliphatic carbocycles. The first kappa shape index (κ1) is 15.3. The van der Waals surface area contributed by atoms with Crippen LogP contribution in [0.15, 0.2) is 42.5 Å². The minimum absolute atomic E-state index is 0.0403. The van der Waals surface area contributed by atoms with Crippen LogP contribution in [-0.2, 0) is 4.79 Å². The molecule has 0 aromatic heterocycles. The normalized spacial score (nSPS) is 19.3. The molecule has 2 atom stereocenters. The Labute approximate surface area is 134 Å². The number of carboxylic acid groups (broad SMARTS) is 1. The lowest BCUT2D eigenvalue weighted by Gasteiger charge is -2.17. The number of urea groups is 1. The van der Waals surface area contributed by atoms with Crippen LogP contribution >= 0.6 is 0 Å². The van der Waals surface area contributed by atoms with Gasteiger partial charge in [0.1, 0.15) is 0 Å². The zero-order valence-corrected chi connectivity index (χ0v) is 13.0. The second kappa shape index (κ2) is 6.28. The van der Waals surface area contributed by atoms with Crippen LogP contribution in [-0.4, -0.2) is 41.6 Å². The molecule has 3 rings (SSSR count). The molecule has 23 heavy (non-hydrogen) atoms. The van der Waals surface area contributed by atoms with Crippen molar-refractivity contribution < 1.29 is 14.7 Å². The minimum atomic E-state index is -0.898. The lowest BCUT2D eigenvalue weighted by Crippen LogP contribution is -2.39. The number of nitrogens with one attached hydrogen (secondary N) is 1. The summed E-state index contributed by atoms with van der Waals surface area (Å²) in [6.07, 6.45) is 0.883. The first-order valence-corrected chi connectivity index (χ1v) is 7.77. The lowest BCUT2D eigenvalue weighted by atomic mass is 10.0. The topological polar surface area (TPSA) is 69.6 Å². The summed E-state index contributed by atoms with van der Waals surface area (Å²) in [4.78, 5) is 24.1. The number of amides is 2. The molecule has 0 spiro atoms. The molecule has 0 radical (unpaired) electrons. The van der Waals surface area contributed by atoms with E-state index in [0.717, 1.165) is 6.42 Å². The van der Waals surface area contributed by atoms with Gasteiger partial charge in [-0.25, -0.2) is 4.79 Å². The van der Waals surface area contributed by atoms with E-state index in [-0.39, 0.29) is 25.0 Å².